The van der Waals surface area contributed by atoms with Crippen molar-refractivity contribution in [3.63, 3.8) is 0 Å². The van der Waals surface area contributed by atoms with Crippen molar-refractivity contribution < 1.29 is 22.6 Å². The number of nitrogens with zero attached hydrogens (tertiary/aromatic N) is 2. The second-order valence-electron chi connectivity index (χ2n) is 5.59. The van der Waals surface area contributed by atoms with Gasteiger partial charge in [-0.1, -0.05) is 17.7 Å². The lowest BCUT2D eigenvalue weighted by Gasteiger charge is -2.21. The average Bonchev–Trinajstić information content (AvgIpc) is 2.96. The van der Waals surface area contributed by atoms with Crippen molar-refractivity contribution in [2.75, 3.05) is 13.2 Å². The Kier molecular flexibility index (Phi) is 5.01. The van der Waals surface area contributed by atoms with Gasteiger partial charge in [-0.15, -0.1) is 5.10 Å². The maximum Gasteiger partial charge on any atom is 0.416 e. The molecule has 0 saturated carbocycles. The summed E-state index contributed by atoms with van der Waals surface area (Å²) in [5.41, 5.74) is -0.203. The third-order valence-corrected chi connectivity index (χ3v) is 4.14. The predicted molar refractivity (Wildman–Crippen MR) is 82.3 cm³/mol. The predicted octanol–water partition coefficient (Wildman–Crippen LogP) is 4.16. The molecule has 0 N–H and O–H groups in total. The number of hydrogen-bond donors (Lipinski definition) is 0. The SMILES string of the molecule is FC(F)(F)c1ccc(Cn2ccc(OC3CCOCC3)n2)c(Cl)c1. The molecular weight excluding hydrogens is 345 g/mol. The van der Waals surface area contributed by atoms with Crippen LogP contribution in [0, 0.1) is 0 Å². The van der Waals surface area contributed by atoms with E-state index in [2.05, 4.69) is 5.10 Å². The number of hydrogen-bond acceptors (Lipinski definition) is 3. The van der Waals surface area contributed by atoms with E-state index in [1.165, 1.54) is 6.07 Å². The van der Waals surface area contributed by atoms with Crippen LogP contribution in [-0.2, 0) is 17.5 Å². The fourth-order valence-corrected chi connectivity index (χ4v) is 2.73. The van der Waals surface area contributed by atoms with E-state index in [4.69, 9.17) is 21.1 Å². The molecular formula is C16H16ClF3N2O2. The van der Waals surface area contributed by atoms with Crippen molar-refractivity contribution in [3.8, 4) is 5.88 Å². The first-order valence-corrected chi connectivity index (χ1v) is 7.93. The molecule has 0 radical (unpaired) electrons. The van der Waals surface area contributed by atoms with Gasteiger partial charge in [-0.2, -0.15) is 13.2 Å². The molecule has 1 fully saturated rings. The lowest BCUT2D eigenvalue weighted by Crippen LogP contribution is -2.26. The highest BCUT2D eigenvalue weighted by atomic mass is 35.5. The van der Waals surface area contributed by atoms with Crippen LogP contribution in [0.2, 0.25) is 5.02 Å². The fraction of sp³-hybridized carbons (Fsp3) is 0.438. The first kappa shape index (κ1) is 17.1. The van der Waals surface area contributed by atoms with Crippen LogP contribution in [0.15, 0.2) is 30.5 Å². The number of aromatic nitrogens is 2. The monoisotopic (exact) mass is 360 g/mol. The normalized spacial score (nSPS) is 16.3. The van der Waals surface area contributed by atoms with E-state index >= 15 is 0 Å². The van der Waals surface area contributed by atoms with Gasteiger partial charge < -0.3 is 9.47 Å². The average molecular weight is 361 g/mol. The Morgan fingerprint density at radius 2 is 2.00 bits per heavy atom. The molecule has 1 saturated heterocycles. The van der Waals surface area contributed by atoms with E-state index in [0.717, 1.165) is 25.0 Å². The Morgan fingerprint density at radius 1 is 1.25 bits per heavy atom. The Labute approximate surface area is 142 Å². The molecule has 8 heteroatoms. The first-order chi connectivity index (χ1) is 11.4. The first-order valence-electron chi connectivity index (χ1n) is 7.55. The van der Waals surface area contributed by atoms with Crippen molar-refractivity contribution in [2.45, 2.75) is 31.7 Å². The minimum absolute atomic E-state index is 0.0622. The molecule has 2 heterocycles. The van der Waals surface area contributed by atoms with Crippen LogP contribution in [0.1, 0.15) is 24.0 Å². The standard InChI is InChI=1S/C16H16ClF3N2O2/c17-14-9-12(16(18,19)20)2-1-11(14)10-22-6-3-15(21-22)24-13-4-7-23-8-5-13/h1-3,6,9,13H,4-5,7-8,10H2. The van der Waals surface area contributed by atoms with E-state index in [1.54, 1.807) is 16.9 Å². The van der Waals surface area contributed by atoms with Gasteiger partial charge in [0.05, 0.1) is 25.3 Å². The van der Waals surface area contributed by atoms with Gasteiger partial charge in [0, 0.05) is 30.1 Å². The molecule has 1 aromatic heterocycles. The van der Waals surface area contributed by atoms with Crippen LogP contribution in [0.4, 0.5) is 13.2 Å². The second kappa shape index (κ2) is 7.03. The van der Waals surface area contributed by atoms with Gasteiger partial charge in [0.25, 0.3) is 0 Å². The summed E-state index contributed by atoms with van der Waals surface area (Å²) in [6.45, 7) is 1.62. The highest BCUT2D eigenvalue weighted by molar-refractivity contribution is 6.31. The van der Waals surface area contributed by atoms with Crippen molar-refractivity contribution >= 4 is 11.6 Å². The number of ether oxygens (including phenoxy) is 2. The third-order valence-electron chi connectivity index (χ3n) is 3.78. The summed E-state index contributed by atoms with van der Waals surface area (Å²) in [6.07, 6.45) is -0.979. The van der Waals surface area contributed by atoms with Gasteiger partial charge in [-0.05, 0) is 17.7 Å². The lowest BCUT2D eigenvalue weighted by atomic mass is 10.1. The van der Waals surface area contributed by atoms with E-state index < -0.39 is 11.7 Å². The third kappa shape index (κ3) is 4.21. The molecule has 1 aliphatic heterocycles. The molecule has 4 nitrogen and oxygen atoms in total. The van der Waals surface area contributed by atoms with Gasteiger partial charge in [0.1, 0.15) is 6.10 Å². The van der Waals surface area contributed by atoms with Crippen LogP contribution in [0.5, 0.6) is 5.88 Å². The van der Waals surface area contributed by atoms with E-state index in [-0.39, 0.29) is 17.7 Å². The summed E-state index contributed by atoms with van der Waals surface area (Å²) < 4.78 is 50.6. The fourth-order valence-electron chi connectivity index (χ4n) is 2.48. The summed E-state index contributed by atoms with van der Waals surface area (Å²) >= 11 is 5.96. The molecule has 2 aromatic rings. The number of rotatable bonds is 4. The molecule has 130 valence electrons. The van der Waals surface area contributed by atoms with Crippen molar-refractivity contribution in [1.29, 1.82) is 0 Å². The molecule has 0 atom stereocenters. The maximum absolute atomic E-state index is 12.7. The second-order valence-corrected chi connectivity index (χ2v) is 5.99. The molecule has 3 rings (SSSR count). The highest BCUT2D eigenvalue weighted by Gasteiger charge is 2.30. The minimum Gasteiger partial charge on any atom is -0.473 e. The zero-order chi connectivity index (χ0) is 17.2. The van der Waals surface area contributed by atoms with Crippen molar-refractivity contribution in [1.82, 2.24) is 9.78 Å². The highest BCUT2D eigenvalue weighted by Crippen LogP contribution is 2.32. The molecule has 0 bridgehead atoms. The van der Waals surface area contributed by atoms with Crippen LogP contribution < -0.4 is 4.74 Å². The molecule has 0 amide bonds. The van der Waals surface area contributed by atoms with Crippen molar-refractivity contribution in [3.05, 3.63) is 46.6 Å². The van der Waals surface area contributed by atoms with E-state index in [9.17, 15) is 13.2 Å². The zero-order valence-electron chi connectivity index (χ0n) is 12.7. The van der Waals surface area contributed by atoms with Gasteiger partial charge >= 0.3 is 6.18 Å². The smallest absolute Gasteiger partial charge is 0.416 e. The largest absolute Gasteiger partial charge is 0.473 e. The van der Waals surface area contributed by atoms with E-state index in [1.807, 2.05) is 0 Å². The van der Waals surface area contributed by atoms with Crippen LogP contribution in [0.3, 0.4) is 0 Å². The van der Waals surface area contributed by atoms with Gasteiger partial charge in [0.2, 0.25) is 5.88 Å². The van der Waals surface area contributed by atoms with Gasteiger partial charge in [0.15, 0.2) is 0 Å². The molecule has 24 heavy (non-hydrogen) atoms. The molecule has 0 aliphatic carbocycles. The summed E-state index contributed by atoms with van der Waals surface area (Å²) in [7, 11) is 0. The maximum atomic E-state index is 12.7. The van der Waals surface area contributed by atoms with E-state index in [0.29, 0.717) is 24.7 Å². The number of benzene rings is 1. The topological polar surface area (TPSA) is 36.3 Å². The number of alkyl halides is 3. The van der Waals surface area contributed by atoms with Crippen LogP contribution in [-0.4, -0.2) is 29.1 Å². The van der Waals surface area contributed by atoms with Crippen LogP contribution in [0.25, 0.3) is 0 Å². The minimum atomic E-state index is -4.40. The summed E-state index contributed by atoms with van der Waals surface area (Å²) in [6, 6.07) is 5.04. The quantitative estimate of drug-likeness (QED) is 0.821. The van der Waals surface area contributed by atoms with Crippen LogP contribution >= 0.6 is 11.6 Å². The Hall–Kier alpha value is -1.73. The van der Waals surface area contributed by atoms with Gasteiger partial charge in [-0.3, -0.25) is 4.68 Å². The zero-order valence-corrected chi connectivity index (χ0v) is 13.5. The summed E-state index contributed by atoms with van der Waals surface area (Å²) in [4.78, 5) is 0. The lowest BCUT2D eigenvalue weighted by molar-refractivity contribution is -0.137. The summed E-state index contributed by atoms with van der Waals surface area (Å²) in [5, 5.41) is 4.35. The molecule has 1 aliphatic rings. The molecule has 0 spiro atoms. The summed E-state index contributed by atoms with van der Waals surface area (Å²) in [5.74, 6) is 0.491. The van der Waals surface area contributed by atoms with Crippen molar-refractivity contribution in [2.24, 2.45) is 0 Å². The molecule has 1 aromatic carbocycles. The Balaban J connectivity index is 1.66. The Bertz CT molecular complexity index is 697. The molecule has 0 unspecified atom stereocenters. The van der Waals surface area contributed by atoms with Gasteiger partial charge in [-0.25, -0.2) is 0 Å². The Morgan fingerprint density at radius 3 is 2.67 bits per heavy atom. The number of halogens is 4.